The molecule has 1 aromatic carbocycles. The van der Waals surface area contributed by atoms with Gasteiger partial charge in [0.1, 0.15) is 0 Å². The van der Waals surface area contributed by atoms with Gasteiger partial charge in [0.25, 0.3) is 0 Å². The molecule has 0 bridgehead atoms. The smallest absolute Gasteiger partial charge is 0.220 e. The Kier molecular flexibility index (Phi) is 7.34. The summed E-state index contributed by atoms with van der Waals surface area (Å²) in [5.74, 6) is 1.16. The Balaban J connectivity index is 1.80. The van der Waals surface area contributed by atoms with Crippen LogP contribution in [0.1, 0.15) is 37.9 Å². The molecule has 1 aliphatic rings. The van der Waals surface area contributed by atoms with Gasteiger partial charge in [-0.1, -0.05) is 30.7 Å². The highest BCUT2D eigenvalue weighted by molar-refractivity contribution is 6.30. The molecule has 0 radical (unpaired) electrons. The van der Waals surface area contributed by atoms with Crippen LogP contribution in [0.15, 0.2) is 24.3 Å². The van der Waals surface area contributed by atoms with Crippen LogP contribution in [0.25, 0.3) is 0 Å². The molecule has 0 aromatic heterocycles. The predicted molar refractivity (Wildman–Crippen MR) is 93.6 cm³/mol. The van der Waals surface area contributed by atoms with Crippen LogP contribution in [-0.4, -0.2) is 32.7 Å². The summed E-state index contributed by atoms with van der Waals surface area (Å²) < 4.78 is 5.48. The van der Waals surface area contributed by atoms with Crippen LogP contribution < -0.4 is 10.6 Å². The monoisotopic (exact) mass is 338 g/mol. The van der Waals surface area contributed by atoms with E-state index in [4.69, 9.17) is 16.3 Å². The largest absolute Gasteiger partial charge is 0.375 e. The van der Waals surface area contributed by atoms with Crippen LogP contribution in [-0.2, 0) is 9.53 Å². The molecule has 1 aromatic rings. The second-order valence-electron chi connectivity index (χ2n) is 6.35. The van der Waals surface area contributed by atoms with Crippen molar-refractivity contribution in [2.45, 2.75) is 32.3 Å². The third kappa shape index (κ3) is 5.79. The van der Waals surface area contributed by atoms with Crippen molar-refractivity contribution in [1.82, 2.24) is 10.6 Å². The molecule has 1 heterocycles. The molecular weight excluding hydrogens is 312 g/mol. The van der Waals surface area contributed by atoms with E-state index in [0.717, 1.165) is 31.5 Å². The normalized spacial score (nSPS) is 18.4. The van der Waals surface area contributed by atoms with Crippen LogP contribution >= 0.6 is 11.6 Å². The van der Waals surface area contributed by atoms with Crippen molar-refractivity contribution in [3.05, 3.63) is 34.9 Å². The maximum atomic E-state index is 12.2. The summed E-state index contributed by atoms with van der Waals surface area (Å²) in [5.41, 5.74) is 0.978. The SMILES string of the molecule is COC(CNC(=O)CC(C)C1CCNCC1)c1cccc(Cl)c1. The van der Waals surface area contributed by atoms with Crippen molar-refractivity contribution < 1.29 is 9.53 Å². The summed E-state index contributed by atoms with van der Waals surface area (Å²) in [5, 5.41) is 7.04. The fourth-order valence-electron chi connectivity index (χ4n) is 3.20. The summed E-state index contributed by atoms with van der Waals surface area (Å²) in [7, 11) is 1.65. The van der Waals surface area contributed by atoms with Gasteiger partial charge in [-0.15, -0.1) is 0 Å². The summed E-state index contributed by atoms with van der Waals surface area (Å²) in [4.78, 5) is 12.2. The van der Waals surface area contributed by atoms with Crippen LogP contribution in [0.5, 0.6) is 0 Å². The van der Waals surface area contributed by atoms with Crippen LogP contribution in [0.2, 0.25) is 5.02 Å². The summed E-state index contributed by atoms with van der Waals surface area (Å²) >= 11 is 6.02. The molecule has 0 spiro atoms. The number of carbonyl (C=O) groups excluding carboxylic acids is 1. The van der Waals surface area contributed by atoms with Gasteiger partial charge in [-0.2, -0.15) is 0 Å². The second kappa shape index (κ2) is 9.26. The van der Waals surface area contributed by atoms with Gasteiger partial charge < -0.3 is 15.4 Å². The van der Waals surface area contributed by atoms with E-state index in [1.54, 1.807) is 7.11 Å². The number of ether oxygens (including phenoxy) is 1. The lowest BCUT2D eigenvalue weighted by Gasteiger charge is -2.28. The molecule has 1 amide bonds. The fourth-order valence-corrected chi connectivity index (χ4v) is 3.39. The number of methoxy groups -OCH3 is 1. The highest BCUT2D eigenvalue weighted by atomic mass is 35.5. The van der Waals surface area contributed by atoms with Crippen LogP contribution in [0.3, 0.4) is 0 Å². The van der Waals surface area contributed by atoms with Crippen molar-refractivity contribution in [3.8, 4) is 0 Å². The lowest BCUT2D eigenvalue weighted by atomic mass is 9.84. The number of halogens is 1. The van der Waals surface area contributed by atoms with E-state index in [9.17, 15) is 4.79 Å². The van der Waals surface area contributed by atoms with E-state index in [1.165, 1.54) is 0 Å². The molecular formula is C18H27ClN2O2. The summed E-state index contributed by atoms with van der Waals surface area (Å²) in [6, 6.07) is 7.56. The summed E-state index contributed by atoms with van der Waals surface area (Å²) in [6.45, 7) is 4.78. The van der Waals surface area contributed by atoms with Crippen molar-refractivity contribution in [2.75, 3.05) is 26.7 Å². The number of amides is 1. The highest BCUT2D eigenvalue weighted by Crippen LogP contribution is 2.24. The van der Waals surface area contributed by atoms with Gasteiger partial charge in [0, 0.05) is 25.1 Å². The standard InChI is InChI=1S/C18H27ClN2O2/c1-13(14-6-8-20-9-7-14)10-18(22)21-12-17(23-2)15-4-3-5-16(19)11-15/h3-5,11,13-14,17,20H,6-10,12H2,1-2H3,(H,21,22). The van der Waals surface area contributed by atoms with E-state index in [1.807, 2.05) is 24.3 Å². The first-order valence-corrected chi connectivity index (χ1v) is 8.73. The number of hydrogen-bond acceptors (Lipinski definition) is 3. The minimum absolute atomic E-state index is 0.0973. The van der Waals surface area contributed by atoms with Crippen molar-refractivity contribution in [3.63, 3.8) is 0 Å². The summed E-state index contributed by atoms with van der Waals surface area (Å²) in [6.07, 6.45) is 2.73. The number of piperidine rings is 1. The van der Waals surface area contributed by atoms with Crippen LogP contribution in [0.4, 0.5) is 0 Å². The Morgan fingerprint density at radius 1 is 1.43 bits per heavy atom. The molecule has 1 fully saturated rings. The molecule has 4 nitrogen and oxygen atoms in total. The van der Waals surface area contributed by atoms with E-state index >= 15 is 0 Å². The van der Waals surface area contributed by atoms with Gasteiger partial charge in [0.2, 0.25) is 5.91 Å². The zero-order valence-corrected chi connectivity index (χ0v) is 14.7. The first-order valence-electron chi connectivity index (χ1n) is 8.35. The maximum absolute atomic E-state index is 12.2. The quantitative estimate of drug-likeness (QED) is 0.803. The van der Waals surface area contributed by atoms with Crippen molar-refractivity contribution in [1.29, 1.82) is 0 Å². The molecule has 0 saturated carbocycles. The average molecular weight is 339 g/mol. The molecule has 2 unspecified atom stereocenters. The number of benzene rings is 1. The number of hydrogen-bond donors (Lipinski definition) is 2. The first-order chi connectivity index (χ1) is 11.1. The molecule has 2 atom stereocenters. The highest BCUT2D eigenvalue weighted by Gasteiger charge is 2.22. The molecule has 2 rings (SSSR count). The molecule has 1 aliphatic heterocycles. The molecule has 128 valence electrons. The number of nitrogens with one attached hydrogen (secondary N) is 2. The minimum Gasteiger partial charge on any atom is -0.375 e. The predicted octanol–water partition coefficient (Wildman–Crippen LogP) is 3.17. The zero-order valence-electron chi connectivity index (χ0n) is 14.0. The Morgan fingerprint density at radius 3 is 2.83 bits per heavy atom. The van der Waals surface area contributed by atoms with Crippen LogP contribution in [0, 0.1) is 11.8 Å². The average Bonchev–Trinajstić information content (AvgIpc) is 2.56. The van der Waals surface area contributed by atoms with Crippen molar-refractivity contribution >= 4 is 17.5 Å². The van der Waals surface area contributed by atoms with Gasteiger partial charge in [0.15, 0.2) is 0 Å². The maximum Gasteiger partial charge on any atom is 0.220 e. The minimum atomic E-state index is -0.174. The molecule has 23 heavy (non-hydrogen) atoms. The Morgan fingerprint density at radius 2 is 2.17 bits per heavy atom. The lowest BCUT2D eigenvalue weighted by Crippen LogP contribution is -2.34. The van der Waals surface area contributed by atoms with Crippen molar-refractivity contribution in [2.24, 2.45) is 11.8 Å². The topological polar surface area (TPSA) is 50.4 Å². The Labute approximate surface area is 143 Å². The molecule has 2 N–H and O–H groups in total. The Bertz CT molecular complexity index is 504. The Hall–Kier alpha value is -1.10. The van der Waals surface area contributed by atoms with Gasteiger partial charge in [0.05, 0.1) is 6.10 Å². The van der Waals surface area contributed by atoms with E-state index in [-0.39, 0.29) is 12.0 Å². The zero-order chi connectivity index (χ0) is 16.7. The molecule has 0 aliphatic carbocycles. The third-order valence-corrected chi connectivity index (χ3v) is 4.92. The third-order valence-electron chi connectivity index (χ3n) is 4.69. The van der Waals surface area contributed by atoms with E-state index in [2.05, 4.69) is 17.6 Å². The van der Waals surface area contributed by atoms with Gasteiger partial charge >= 0.3 is 0 Å². The second-order valence-corrected chi connectivity index (χ2v) is 6.79. The van der Waals surface area contributed by atoms with E-state index in [0.29, 0.717) is 29.8 Å². The lowest BCUT2D eigenvalue weighted by molar-refractivity contribution is -0.122. The van der Waals surface area contributed by atoms with Gasteiger partial charge in [-0.3, -0.25) is 4.79 Å². The fraction of sp³-hybridized carbons (Fsp3) is 0.611. The van der Waals surface area contributed by atoms with E-state index < -0.39 is 0 Å². The first kappa shape index (κ1) is 18.2. The molecule has 5 heteroatoms. The molecule has 1 saturated heterocycles. The van der Waals surface area contributed by atoms with Gasteiger partial charge in [-0.05, 0) is 55.5 Å². The van der Waals surface area contributed by atoms with Gasteiger partial charge in [-0.25, -0.2) is 0 Å². The number of rotatable bonds is 7. The number of carbonyl (C=O) groups is 1.